The zero-order chi connectivity index (χ0) is 14.9. The van der Waals surface area contributed by atoms with Crippen molar-refractivity contribution >= 4 is 11.3 Å². The van der Waals surface area contributed by atoms with Crippen molar-refractivity contribution in [1.29, 1.82) is 0 Å². The summed E-state index contributed by atoms with van der Waals surface area (Å²) in [6.45, 7) is 10.7. The van der Waals surface area contributed by atoms with Crippen LogP contribution in [0.5, 0.6) is 0 Å². The predicted molar refractivity (Wildman–Crippen MR) is 85.9 cm³/mol. The fourth-order valence-electron chi connectivity index (χ4n) is 2.31. The van der Waals surface area contributed by atoms with Crippen LogP contribution in [0.1, 0.15) is 53.5 Å². The third-order valence-electron chi connectivity index (χ3n) is 3.48. The minimum Gasteiger partial charge on any atom is -0.271 e. The van der Waals surface area contributed by atoms with E-state index >= 15 is 0 Å². The molecule has 1 aromatic heterocycles. The molecule has 4 heteroatoms. The number of hydrogen-bond donors (Lipinski definition) is 2. The highest BCUT2D eigenvalue weighted by molar-refractivity contribution is 7.11. The van der Waals surface area contributed by atoms with Gasteiger partial charge in [-0.2, -0.15) is 0 Å². The molecule has 1 atom stereocenters. The summed E-state index contributed by atoms with van der Waals surface area (Å²) in [7, 11) is 0. The van der Waals surface area contributed by atoms with Gasteiger partial charge in [0.2, 0.25) is 0 Å². The van der Waals surface area contributed by atoms with Crippen LogP contribution in [-0.2, 0) is 5.41 Å². The van der Waals surface area contributed by atoms with E-state index in [1.54, 1.807) is 11.3 Å². The van der Waals surface area contributed by atoms with Gasteiger partial charge in [0.25, 0.3) is 0 Å². The van der Waals surface area contributed by atoms with Gasteiger partial charge in [0.15, 0.2) is 0 Å². The molecule has 0 amide bonds. The van der Waals surface area contributed by atoms with E-state index in [1.807, 2.05) is 13.8 Å². The van der Waals surface area contributed by atoms with Crippen LogP contribution >= 0.6 is 11.3 Å². The Bertz CT molecular complexity index is 579. The largest absolute Gasteiger partial charge is 0.271 e. The van der Waals surface area contributed by atoms with Gasteiger partial charge in [0.1, 0.15) is 0 Å². The summed E-state index contributed by atoms with van der Waals surface area (Å²) in [6, 6.07) is 8.68. The Morgan fingerprint density at radius 3 is 2.15 bits per heavy atom. The molecule has 0 aliphatic heterocycles. The Kier molecular flexibility index (Phi) is 4.28. The summed E-state index contributed by atoms with van der Waals surface area (Å²) in [5.41, 5.74) is 6.64. The monoisotopic (exact) mass is 289 g/mol. The number of nitrogens with two attached hydrogens (primary N) is 1. The van der Waals surface area contributed by atoms with Gasteiger partial charge in [-0.15, -0.1) is 11.3 Å². The number of thiazole rings is 1. The van der Waals surface area contributed by atoms with Crippen LogP contribution < -0.4 is 11.3 Å². The minimum atomic E-state index is 0.00946. The van der Waals surface area contributed by atoms with Crippen LogP contribution in [0.3, 0.4) is 0 Å². The van der Waals surface area contributed by atoms with Crippen molar-refractivity contribution in [1.82, 2.24) is 10.4 Å². The van der Waals surface area contributed by atoms with E-state index in [9.17, 15) is 0 Å². The number of benzene rings is 1. The second-order valence-corrected chi connectivity index (χ2v) is 7.39. The highest BCUT2D eigenvalue weighted by Crippen LogP contribution is 2.31. The summed E-state index contributed by atoms with van der Waals surface area (Å²) in [4.78, 5) is 5.67. The average molecular weight is 289 g/mol. The first-order valence-electron chi connectivity index (χ1n) is 6.83. The van der Waals surface area contributed by atoms with Gasteiger partial charge in [-0.05, 0) is 30.4 Å². The highest BCUT2D eigenvalue weighted by atomic mass is 32.1. The number of nitrogens with one attached hydrogen (secondary N) is 1. The molecule has 1 unspecified atom stereocenters. The Morgan fingerprint density at radius 1 is 1.15 bits per heavy atom. The van der Waals surface area contributed by atoms with Gasteiger partial charge in [-0.1, -0.05) is 45.0 Å². The number of nitrogens with zero attached hydrogens (tertiary/aromatic N) is 1. The molecular formula is C16H23N3S. The molecule has 20 heavy (non-hydrogen) atoms. The molecule has 108 valence electrons. The number of aromatic nitrogens is 1. The van der Waals surface area contributed by atoms with Crippen molar-refractivity contribution in [3.05, 3.63) is 51.0 Å². The van der Waals surface area contributed by atoms with Crippen LogP contribution in [0, 0.1) is 13.8 Å². The molecule has 0 saturated heterocycles. The first-order valence-corrected chi connectivity index (χ1v) is 7.65. The molecule has 3 N–H and O–H groups in total. The summed E-state index contributed by atoms with van der Waals surface area (Å²) >= 11 is 1.70. The number of rotatable bonds is 3. The molecule has 2 aromatic rings. The quantitative estimate of drug-likeness (QED) is 0.670. The second kappa shape index (κ2) is 5.64. The lowest BCUT2D eigenvalue weighted by Gasteiger charge is -2.21. The van der Waals surface area contributed by atoms with E-state index in [1.165, 1.54) is 16.0 Å². The lowest BCUT2D eigenvalue weighted by molar-refractivity contribution is 0.588. The predicted octanol–water partition coefficient (Wildman–Crippen LogP) is 3.61. The van der Waals surface area contributed by atoms with Crippen LogP contribution in [-0.4, -0.2) is 4.98 Å². The van der Waals surface area contributed by atoms with E-state index in [0.717, 1.165) is 10.7 Å². The Labute approximate surface area is 125 Å². The van der Waals surface area contributed by atoms with Crippen molar-refractivity contribution in [2.45, 2.75) is 46.1 Å². The van der Waals surface area contributed by atoms with E-state index < -0.39 is 0 Å². The first kappa shape index (κ1) is 15.2. The fraction of sp³-hybridized carbons (Fsp3) is 0.438. The molecule has 0 aliphatic carbocycles. The lowest BCUT2D eigenvalue weighted by Crippen LogP contribution is -2.28. The molecule has 0 spiro atoms. The highest BCUT2D eigenvalue weighted by Gasteiger charge is 2.19. The Hall–Kier alpha value is -1.23. The van der Waals surface area contributed by atoms with Gasteiger partial charge in [0.05, 0.1) is 21.6 Å². The summed E-state index contributed by atoms with van der Waals surface area (Å²) in [5, 5.41) is 1.07. The first-order chi connectivity index (χ1) is 9.32. The lowest BCUT2D eigenvalue weighted by atomic mass is 9.86. The van der Waals surface area contributed by atoms with Crippen molar-refractivity contribution in [3.8, 4) is 0 Å². The maximum atomic E-state index is 5.77. The molecule has 2 rings (SSSR count). The maximum absolute atomic E-state index is 5.77. The van der Waals surface area contributed by atoms with Crippen LogP contribution in [0.25, 0.3) is 0 Å². The average Bonchev–Trinajstić information content (AvgIpc) is 2.69. The molecular weight excluding hydrogens is 266 g/mol. The van der Waals surface area contributed by atoms with Crippen LogP contribution in [0.2, 0.25) is 0 Å². The molecule has 0 aliphatic rings. The molecule has 1 heterocycles. The molecule has 0 saturated carbocycles. The van der Waals surface area contributed by atoms with Crippen molar-refractivity contribution in [2.75, 3.05) is 0 Å². The molecule has 0 bridgehead atoms. The normalized spacial score (nSPS) is 13.5. The smallest absolute Gasteiger partial charge is 0.0900 e. The van der Waals surface area contributed by atoms with Crippen molar-refractivity contribution in [3.63, 3.8) is 0 Å². The van der Waals surface area contributed by atoms with Crippen LogP contribution in [0.4, 0.5) is 0 Å². The van der Waals surface area contributed by atoms with E-state index in [2.05, 4.69) is 55.4 Å². The summed E-state index contributed by atoms with van der Waals surface area (Å²) in [5.74, 6) is 5.77. The Balaban J connectivity index is 2.35. The van der Waals surface area contributed by atoms with E-state index in [4.69, 9.17) is 5.84 Å². The number of hydrazine groups is 1. The third kappa shape index (κ3) is 3.08. The zero-order valence-electron chi connectivity index (χ0n) is 12.8. The third-order valence-corrected chi connectivity index (χ3v) is 4.62. The SMILES string of the molecule is Cc1nc(C)c(C(NN)c2ccc(C(C)(C)C)cc2)s1. The van der Waals surface area contributed by atoms with Gasteiger partial charge >= 0.3 is 0 Å². The molecule has 3 nitrogen and oxygen atoms in total. The second-order valence-electron chi connectivity index (χ2n) is 6.15. The van der Waals surface area contributed by atoms with Crippen LogP contribution in [0.15, 0.2) is 24.3 Å². The summed E-state index contributed by atoms with van der Waals surface area (Å²) in [6.07, 6.45) is 0. The fourth-order valence-corrected chi connectivity index (χ4v) is 3.33. The topological polar surface area (TPSA) is 50.9 Å². The van der Waals surface area contributed by atoms with Gasteiger partial charge < -0.3 is 0 Å². The number of aryl methyl sites for hydroxylation is 2. The number of hydrogen-bond acceptors (Lipinski definition) is 4. The minimum absolute atomic E-state index is 0.00946. The standard InChI is InChI=1S/C16H23N3S/c1-10-15(20-11(2)18-10)14(19-17)12-6-8-13(9-7-12)16(3,4)5/h6-9,14,19H,17H2,1-5H3. The Morgan fingerprint density at radius 2 is 1.75 bits per heavy atom. The van der Waals surface area contributed by atoms with Crippen molar-refractivity contribution in [2.24, 2.45) is 5.84 Å². The molecule has 0 fully saturated rings. The van der Waals surface area contributed by atoms with Gasteiger partial charge in [-0.25, -0.2) is 10.4 Å². The van der Waals surface area contributed by atoms with Gasteiger partial charge in [-0.3, -0.25) is 5.84 Å². The van der Waals surface area contributed by atoms with Crippen molar-refractivity contribution < 1.29 is 0 Å². The van der Waals surface area contributed by atoms with E-state index in [0.29, 0.717) is 0 Å². The van der Waals surface area contributed by atoms with Gasteiger partial charge in [0, 0.05) is 0 Å². The van der Waals surface area contributed by atoms with E-state index in [-0.39, 0.29) is 11.5 Å². The summed E-state index contributed by atoms with van der Waals surface area (Å²) < 4.78 is 0. The maximum Gasteiger partial charge on any atom is 0.0900 e. The molecule has 0 radical (unpaired) electrons. The zero-order valence-corrected chi connectivity index (χ0v) is 13.6. The molecule has 1 aromatic carbocycles.